The number of hydrogen-bond acceptors (Lipinski definition) is 5. The number of piperidine rings is 1. The van der Waals surface area contributed by atoms with E-state index in [-0.39, 0.29) is 12.1 Å². The number of methoxy groups -OCH3 is 1. The molecule has 1 aliphatic heterocycles. The number of nitrogens with one attached hydrogen (secondary N) is 1. The molecule has 7 heteroatoms. The zero-order valence-corrected chi connectivity index (χ0v) is 15.7. The second-order valence-electron chi connectivity index (χ2n) is 6.36. The zero-order valence-electron chi connectivity index (χ0n) is 14.9. The third-order valence-electron chi connectivity index (χ3n) is 4.61. The van der Waals surface area contributed by atoms with Crippen LogP contribution in [-0.2, 0) is 0 Å². The van der Waals surface area contributed by atoms with E-state index in [0.717, 1.165) is 31.5 Å². The summed E-state index contributed by atoms with van der Waals surface area (Å²) in [4.78, 5) is 24.3. The molecule has 0 radical (unpaired) electrons. The van der Waals surface area contributed by atoms with Gasteiger partial charge in [0.25, 0.3) is 0 Å². The molecule has 134 valence electrons. The Morgan fingerprint density at radius 1 is 1.40 bits per heavy atom. The van der Waals surface area contributed by atoms with Crippen LogP contribution in [0.3, 0.4) is 0 Å². The first kappa shape index (κ1) is 17.7. The number of likely N-dealkylation sites (tertiary alicyclic amines) is 1. The third-order valence-corrected chi connectivity index (χ3v) is 5.69. The molecule has 0 aliphatic carbocycles. The lowest BCUT2D eigenvalue weighted by molar-refractivity contribution is 0.178. The van der Waals surface area contributed by atoms with E-state index in [2.05, 4.69) is 22.2 Å². The second-order valence-corrected chi connectivity index (χ2v) is 7.63. The summed E-state index contributed by atoms with van der Waals surface area (Å²) < 4.78 is 5.33. The van der Waals surface area contributed by atoms with Gasteiger partial charge >= 0.3 is 6.03 Å². The number of rotatable bonds is 4. The van der Waals surface area contributed by atoms with E-state index in [1.165, 1.54) is 9.88 Å². The number of hydrogen-bond donors (Lipinski definition) is 1. The predicted octanol–water partition coefficient (Wildman–Crippen LogP) is 3.51. The number of amides is 2. The number of nitrogens with zero attached hydrogens (tertiary/aromatic N) is 3. The van der Waals surface area contributed by atoms with Crippen molar-refractivity contribution in [3.63, 3.8) is 0 Å². The Morgan fingerprint density at radius 2 is 2.16 bits per heavy atom. The Balaban J connectivity index is 1.56. The Morgan fingerprint density at radius 3 is 2.80 bits per heavy atom. The van der Waals surface area contributed by atoms with E-state index in [1.54, 1.807) is 30.8 Å². The number of pyridine rings is 1. The van der Waals surface area contributed by atoms with Crippen LogP contribution in [0.2, 0.25) is 0 Å². The fourth-order valence-corrected chi connectivity index (χ4v) is 4.11. The van der Waals surface area contributed by atoms with Gasteiger partial charge in [-0.25, -0.2) is 9.78 Å². The summed E-state index contributed by atoms with van der Waals surface area (Å²) in [5, 5.41) is 4.27. The van der Waals surface area contributed by atoms with Crippen molar-refractivity contribution in [3.8, 4) is 5.75 Å². The number of urea groups is 1. The molecule has 6 nitrogen and oxygen atoms in total. The summed E-state index contributed by atoms with van der Waals surface area (Å²) in [6.07, 6.45) is 7.24. The molecular weight excluding hydrogens is 336 g/mol. The molecule has 0 aromatic carbocycles. The minimum Gasteiger partial charge on any atom is -0.495 e. The number of aromatic nitrogens is 2. The molecule has 0 bridgehead atoms. The number of carbonyl (C=O) groups is 1. The lowest BCUT2D eigenvalue weighted by Crippen LogP contribution is -2.44. The van der Waals surface area contributed by atoms with Crippen molar-refractivity contribution in [2.45, 2.75) is 38.6 Å². The molecule has 0 saturated carbocycles. The van der Waals surface area contributed by atoms with Gasteiger partial charge in [-0.2, -0.15) is 0 Å². The van der Waals surface area contributed by atoms with Crippen molar-refractivity contribution >= 4 is 17.4 Å². The zero-order chi connectivity index (χ0) is 17.8. The Bertz CT molecular complexity index is 725. The largest absolute Gasteiger partial charge is 0.495 e. The van der Waals surface area contributed by atoms with Crippen LogP contribution < -0.4 is 10.1 Å². The maximum atomic E-state index is 12.6. The molecule has 25 heavy (non-hydrogen) atoms. The first-order chi connectivity index (χ1) is 12.1. The standard InChI is InChI=1S/C18H24N4O2S/c1-12-10-20-17(25-12)14-5-8-22(9-6-14)18(23)21-13(2)15-4-7-19-11-16(15)24-3/h4,7,10-11,13-14H,5-6,8-9H2,1-3H3,(H,21,23). The van der Waals surface area contributed by atoms with Crippen LogP contribution in [0.25, 0.3) is 0 Å². The van der Waals surface area contributed by atoms with Gasteiger partial charge in [0.15, 0.2) is 0 Å². The summed E-state index contributed by atoms with van der Waals surface area (Å²) >= 11 is 1.77. The van der Waals surface area contributed by atoms with E-state index in [9.17, 15) is 4.79 Å². The van der Waals surface area contributed by atoms with Crippen LogP contribution in [-0.4, -0.2) is 41.1 Å². The van der Waals surface area contributed by atoms with Gasteiger partial charge in [0.05, 0.1) is 24.4 Å². The van der Waals surface area contributed by atoms with Crippen molar-refractivity contribution in [3.05, 3.63) is 40.1 Å². The van der Waals surface area contributed by atoms with Crippen LogP contribution in [0.1, 0.15) is 47.2 Å². The van der Waals surface area contributed by atoms with Crippen LogP contribution in [0.5, 0.6) is 5.75 Å². The van der Waals surface area contributed by atoms with Crippen LogP contribution >= 0.6 is 11.3 Å². The molecule has 2 aromatic heterocycles. The average Bonchev–Trinajstić information content (AvgIpc) is 3.08. The van der Waals surface area contributed by atoms with Gasteiger partial charge in [-0.15, -0.1) is 11.3 Å². The van der Waals surface area contributed by atoms with E-state index >= 15 is 0 Å². The molecule has 2 aromatic rings. The number of aryl methyl sites for hydroxylation is 1. The van der Waals surface area contributed by atoms with Crippen LogP contribution in [0.15, 0.2) is 24.7 Å². The lowest BCUT2D eigenvalue weighted by atomic mass is 9.98. The summed E-state index contributed by atoms with van der Waals surface area (Å²) in [5.41, 5.74) is 0.930. The molecular formula is C18H24N4O2S. The quantitative estimate of drug-likeness (QED) is 0.906. The Kier molecular flexibility index (Phi) is 5.53. The summed E-state index contributed by atoms with van der Waals surface area (Å²) in [6, 6.07) is 1.71. The molecule has 1 atom stereocenters. The smallest absolute Gasteiger partial charge is 0.317 e. The van der Waals surface area contributed by atoms with Gasteiger partial charge in [-0.05, 0) is 32.8 Å². The molecule has 1 unspecified atom stereocenters. The number of ether oxygens (including phenoxy) is 1. The van der Waals surface area contributed by atoms with Crippen LogP contribution in [0, 0.1) is 6.92 Å². The van der Waals surface area contributed by atoms with E-state index in [0.29, 0.717) is 11.7 Å². The highest BCUT2D eigenvalue weighted by molar-refractivity contribution is 7.11. The Labute approximate surface area is 152 Å². The topological polar surface area (TPSA) is 67.3 Å². The van der Waals surface area contributed by atoms with Gasteiger partial charge in [-0.1, -0.05) is 0 Å². The van der Waals surface area contributed by atoms with Gasteiger partial charge in [0.2, 0.25) is 0 Å². The molecule has 2 amide bonds. The summed E-state index contributed by atoms with van der Waals surface area (Å²) in [6.45, 7) is 5.56. The van der Waals surface area contributed by atoms with E-state index < -0.39 is 0 Å². The minimum atomic E-state index is -0.134. The van der Waals surface area contributed by atoms with Gasteiger partial charge < -0.3 is 15.0 Å². The van der Waals surface area contributed by atoms with Crippen molar-refractivity contribution in [2.24, 2.45) is 0 Å². The second kappa shape index (κ2) is 7.82. The maximum absolute atomic E-state index is 12.6. The lowest BCUT2D eigenvalue weighted by Gasteiger charge is -2.32. The van der Waals surface area contributed by atoms with Crippen molar-refractivity contribution in [1.29, 1.82) is 0 Å². The third kappa shape index (κ3) is 4.10. The van der Waals surface area contributed by atoms with E-state index in [4.69, 9.17) is 4.74 Å². The maximum Gasteiger partial charge on any atom is 0.317 e. The molecule has 3 rings (SSSR count). The van der Waals surface area contributed by atoms with Gasteiger partial charge in [0, 0.05) is 41.8 Å². The van der Waals surface area contributed by atoms with Gasteiger partial charge in [-0.3, -0.25) is 4.98 Å². The number of thiazole rings is 1. The highest BCUT2D eigenvalue weighted by Crippen LogP contribution is 2.31. The fraction of sp³-hybridized carbons (Fsp3) is 0.500. The van der Waals surface area contributed by atoms with Crippen molar-refractivity contribution in [2.75, 3.05) is 20.2 Å². The van der Waals surface area contributed by atoms with Gasteiger partial charge in [0.1, 0.15) is 5.75 Å². The van der Waals surface area contributed by atoms with Crippen molar-refractivity contribution < 1.29 is 9.53 Å². The molecule has 1 N–H and O–H groups in total. The van der Waals surface area contributed by atoms with Crippen molar-refractivity contribution in [1.82, 2.24) is 20.2 Å². The highest BCUT2D eigenvalue weighted by Gasteiger charge is 2.26. The summed E-state index contributed by atoms with van der Waals surface area (Å²) in [7, 11) is 1.61. The normalized spacial score (nSPS) is 16.5. The molecule has 0 spiro atoms. The minimum absolute atomic E-state index is 0.0277. The Hall–Kier alpha value is -2.15. The molecule has 1 saturated heterocycles. The fourth-order valence-electron chi connectivity index (χ4n) is 3.16. The average molecular weight is 360 g/mol. The van der Waals surface area contributed by atoms with Crippen LogP contribution in [0.4, 0.5) is 4.79 Å². The highest BCUT2D eigenvalue weighted by atomic mass is 32.1. The first-order valence-electron chi connectivity index (χ1n) is 8.54. The number of carbonyl (C=O) groups excluding carboxylic acids is 1. The molecule has 3 heterocycles. The van der Waals surface area contributed by atoms with E-state index in [1.807, 2.05) is 24.1 Å². The monoisotopic (exact) mass is 360 g/mol. The first-order valence-corrected chi connectivity index (χ1v) is 9.35. The SMILES string of the molecule is COc1cnccc1C(C)NC(=O)N1CCC(c2ncc(C)s2)CC1. The molecule has 1 aliphatic rings. The summed E-state index contributed by atoms with van der Waals surface area (Å²) in [5.74, 6) is 1.16. The predicted molar refractivity (Wildman–Crippen MR) is 98.1 cm³/mol. The molecule has 1 fully saturated rings.